The highest BCUT2D eigenvalue weighted by molar-refractivity contribution is 7.09. The number of halogens is 3. The van der Waals surface area contributed by atoms with E-state index in [1.807, 2.05) is 18.2 Å². The fraction of sp³-hybridized carbons (Fsp3) is 0.500. The molecule has 0 radical (unpaired) electrons. The number of ether oxygens (including phenoxy) is 2. The van der Waals surface area contributed by atoms with Gasteiger partial charge in [-0.1, -0.05) is 19.9 Å². The third kappa shape index (κ3) is 6.25. The number of hydrogen-bond acceptors (Lipinski definition) is 5. The number of benzene rings is 1. The Kier molecular flexibility index (Phi) is 7.94. The van der Waals surface area contributed by atoms with Gasteiger partial charge in [0.15, 0.2) is 23.2 Å². The zero-order valence-electron chi connectivity index (χ0n) is 17.7. The zero-order chi connectivity index (χ0) is 22.4. The van der Waals surface area contributed by atoms with Crippen LogP contribution in [0.1, 0.15) is 30.1 Å². The summed E-state index contributed by atoms with van der Waals surface area (Å²) in [5.41, 5.74) is -0.0269. The van der Waals surface area contributed by atoms with Gasteiger partial charge in [0, 0.05) is 37.4 Å². The number of aromatic nitrogens is 1. The molecule has 0 spiro atoms. The molecule has 166 valence electrons. The summed E-state index contributed by atoms with van der Waals surface area (Å²) in [6, 6.07) is 5.80. The first-order valence-electron chi connectivity index (χ1n) is 9.29. The number of rotatable bonds is 8. The van der Waals surface area contributed by atoms with Crippen molar-refractivity contribution < 1.29 is 22.6 Å². The molecule has 2 N–H and O–H groups in total. The summed E-state index contributed by atoms with van der Waals surface area (Å²) < 4.78 is 48.6. The van der Waals surface area contributed by atoms with E-state index >= 15 is 0 Å². The molecule has 0 atom stereocenters. The molecule has 0 bridgehead atoms. The lowest BCUT2D eigenvalue weighted by Crippen LogP contribution is -2.44. The molecule has 2 aromatic rings. The number of aliphatic imine (C=N–C) groups is 1. The minimum atomic E-state index is -4.41. The van der Waals surface area contributed by atoms with Crippen LogP contribution in [0.3, 0.4) is 0 Å². The molecule has 2 rings (SSSR count). The Balaban J connectivity index is 1.90. The molecule has 0 saturated carbocycles. The Morgan fingerprint density at radius 3 is 2.40 bits per heavy atom. The molecule has 1 heterocycles. The summed E-state index contributed by atoms with van der Waals surface area (Å²) in [5, 5.41) is 7.83. The number of nitrogens with one attached hydrogen (secondary N) is 2. The molecule has 0 aliphatic carbocycles. The van der Waals surface area contributed by atoms with E-state index in [1.165, 1.54) is 0 Å². The molecule has 0 aliphatic heterocycles. The maximum absolute atomic E-state index is 12.6. The Bertz CT molecular complexity index is 866. The predicted molar refractivity (Wildman–Crippen MR) is 113 cm³/mol. The largest absolute Gasteiger partial charge is 0.493 e. The van der Waals surface area contributed by atoms with Gasteiger partial charge in [0.05, 0.1) is 19.2 Å². The Hall–Kier alpha value is -2.49. The van der Waals surface area contributed by atoms with Crippen molar-refractivity contribution in [3.63, 3.8) is 0 Å². The van der Waals surface area contributed by atoms with Crippen LogP contribution in [0, 0.1) is 0 Å². The van der Waals surface area contributed by atoms with Crippen LogP contribution in [0.15, 0.2) is 28.6 Å². The van der Waals surface area contributed by atoms with Crippen LogP contribution in [0.5, 0.6) is 11.5 Å². The fourth-order valence-electron chi connectivity index (χ4n) is 2.73. The van der Waals surface area contributed by atoms with E-state index in [0.29, 0.717) is 42.0 Å². The van der Waals surface area contributed by atoms with Gasteiger partial charge in [-0.15, -0.1) is 11.3 Å². The first kappa shape index (κ1) is 23.8. The molecule has 0 amide bonds. The standard InChI is InChI=1S/C20H27F3N4O2S/c1-19(2,13-6-7-14(28-4)15(10-13)29-5)12-26-18(24-3)25-9-8-17-27-16(11-30-17)20(21,22)23/h6-7,10-11H,8-9,12H2,1-5H3,(H2,24,25,26). The highest BCUT2D eigenvalue weighted by Gasteiger charge is 2.33. The van der Waals surface area contributed by atoms with Gasteiger partial charge in [-0.05, 0) is 17.7 Å². The Morgan fingerprint density at radius 1 is 1.13 bits per heavy atom. The lowest BCUT2D eigenvalue weighted by atomic mass is 9.84. The van der Waals surface area contributed by atoms with Crippen LogP contribution in [0.2, 0.25) is 0 Å². The van der Waals surface area contributed by atoms with Crippen molar-refractivity contribution in [3.8, 4) is 11.5 Å². The maximum Gasteiger partial charge on any atom is 0.434 e. The number of nitrogens with zero attached hydrogens (tertiary/aromatic N) is 2. The van der Waals surface area contributed by atoms with Crippen molar-refractivity contribution in [2.24, 2.45) is 4.99 Å². The molecule has 0 aliphatic rings. The molecule has 0 saturated heterocycles. The molecular formula is C20H27F3N4O2S. The van der Waals surface area contributed by atoms with Gasteiger partial charge in [-0.3, -0.25) is 4.99 Å². The van der Waals surface area contributed by atoms with Crippen molar-refractivity contribution in [2.75, 3.05) is 34.4 Å². The van der Waals surface area contributed by atoms with Gasteiger partial charge >= 0.3 is 6.18 Å². The van der Waals surface area contributed by atoms with E-state index in [9.17, 15) is 13.2 Å². The first-order valence-corrected chi connectivity index (χ1v) is 10.2. The summed E-state index contributed by atoms with van der Waals surface area (Å²) in [5.74, 6) is 1.89. The minimum Gasteiger partial charge on any atom is -0.493 e. The smallest absolute Gasteiger partial charge is 0.434 e. The van der Waals surface area contributed by atoms with E-state index < -0.39 is 11.9 Å². The van der Waals surface area contributed by atoms with E-state index in [4.69, 9.17) is 9.47 Å². The van der Waals surface area contributed by atoms with Crippen molar-refractivity contribution in [2.45, 2.75) is 31.9 Å². The normalized spacial score (nSPS) is 12.6. The monoisotopic (exact) mass is 444 g/mol. The molecule has 1 aromatic heterocycles. The van der Waals surface area contributed by atoms with Gasteiger partial charge in [-0.2, -0.15) is 13.2 Å². The van der Waals surface area contributed by atoms with E-state index in [-0.39, 0.29) is 5.41 Å². The van der Waals surface area contributed by atoms with Gasteiger partial charge in [0.1, 0.15) is 0 Å². The SMILES string of the molecule is CN=C(NCCc1nc(C(F)(F)F)cs1)NCC(C)(C)c1ccc(OC)c(OC)c1. The second-order valence-electron chi connectivity index (χ2n) is 7.18. The van der Waals surface area contributed by atoms with Crippen LogP contribution in [0.4, 0.5) is 13.2 Å². The maximum atomic E-state index is 12.6. The van der Waals surface area contributed by atoms with Crippen LogP contribution < -0.4 is 20.1 Å². The van der Waals surface area contributed by atoms with Crippen LogP contribution in [-0.4, -0.2) is 45.3 Å². The van der Waals surface area contributed by atoms with Gasteiger partial charge < -0.3 is 20.1 Å². The summed E-state index contributed by atoms with van der Waals surface area (Å²) in [6.07, 6.45) is -4.03. The van der Waals surface area contributed by atoms with Crippen molar-refractivity contribution in [1.82, 2.24) is 15.6 Å². The quantitative estimate of drug-likeness (QED) is 0.478. The molecular weight excluding hydrogens is 417 g/mol. The molecule has 0 fully saturated rings. The second kappa shape index (κ2) is 10.0. The van der Waals surface area contributed by atoms with Gasteiger partial charge in [-0.25, -0.2) is 4.98 Å². The van der Waals surface area contributed by atoms with Crippen molar-refractivity contribution in [1.29, 1.82) is 0 Å². The van der Waals surface area contributed by atoms with Crippen molar-refractivity contribution in [3.05, 3.63) is 39.8 Å². The van der Waals surface area contributed by atoms with E-state index in [1.54, 1.807) is 21.3 Å². The number of thiazole rings is 1. The summed E-state index contributed by atoms with van der Waals surface area (Å²) >= 11 is 1.00. The third-order valence-corrected chi connectivity index (χ3v) is 5.47. The minimum absolute atomic E-state index is 0.242. The number of methoxy groups -OCH3 is 2. The predicted octanol–water partition coefficient (Wildman–Crippen LogP) is 3.86. The summed E-state index contributed by atoms with van der Waals surface area (Å²) in [6.45, 7) is 5.17. The molecule has 0 unspecified atom stereocenters. The summed E-state index contributed by atoms with van der Waals surface area (Å²) in [7, 11) is 4.83. The van der Waals surface area contributed by atoms with Crippen LogP contribution >= 0.6 is 11.3 Å². The van der Waals surface area contributed by atoms with Gasteiger partial charge in [0.2, 0.25) is 0 Å². The lowest BCUT2D eigenvalue weighted by molar-refractivity contribution is -0.140. The molecule has 6 nitrogen and oxygen atoms in total. The number of guanidine groups is 1. The number of hydrogen-bond donors (Lipinski definition) is 2. The average Bonchev–Trinajstić information content (AvgIpc) is 3.19. The molecule has 10 heteroatoms. The first-order chi connectivity index (χ1) is 14.1. The third-order valence-electron chi connectivity index (χ3n) is 4.56. The molecule has 1 aromatic carbocycles. The Labute approximate surface area is 178 Å². The van der Waals surface area contributed by atoms with E-state index in [2.05, 4.69) is 34.5 Å². The van der Waals surface area contributed by atoms with Crippen LogP contribution in [0.25, 0.3) is 0 Å². The number of alkyl halides is 3. The highest BCUT2D eigenvalue weighted by atomic mass is 32.1. The van der Waals surface area contributed by atoms with Crippen LogP contribution in [-0.2, 0) is 18.0 Å². The molecule has 30 heavy (non-hydrogen) atoms. The fourth-order valence-corrected chi connectivity index (χ4v) is 3.53. The lowest BCUT2D eigenvalue weighted by Gasteiger charge is -2.27. The summed E-state index contributed by atoms with van der Waals surface area (Å²) in [4.78, 5) is 7.80. The van der Waals surface area contributed by atoms with E-state index in [0.717, 1.165) is 22.3 Å². The van der Waals surface area contributed by atoms with Crippen molar-refractivity contribution >= 4 is 17.3 Å². The zero-order valence-corrected chi connectivity index (χ0v) is 18.5. The average molecular weight is 445 g/mol. The van der Waals surface area contributed by atoms with Gasteiger partial charge in [0.25, 0.3) is 0 Å². The highest BCUT2D eigenvalue weighted by Crippen LogP contribution is 2.33. The Morgan fingerprint density at radius 2 is 1.83 bits per heavy atom. The topological polar surface area (TPSA) is 67.8 Å². The second-order valence-corrected chi connectivity index (χ2v) is 8.12.